The van der Waals surface area contributed by atoms with E-state index >= 15 is 0 Å². The highest BCUT2D eigenvalue weighted by atomic mass is 16.2. The lowest BCUT2D eigenvalue weighted by atomic mass is 9.77. The Bertz CT molecular complexity index is 296. The first kappa shape index (κ1) is 9.44. The van der Waals surface area contributed by atoms with Crippen LogP contribution in [0, 0.1) is 5.41 Å². The van der Waals surface area contributed by atoms with Crippen LogP contribution in [0.4, 0.5) is 0 Å². The minimum Gasteiger partial charge on any atom is -0.356 e. The number of ketones is 1. The van der Waals surface area contributed by atoms with Crippen molar-refractivity contribution in [1.29, 1.82) is 0 Å². The molecular formula is C11H15NO2. The number of hydrogen-bond acceptors (Lipinski definition) is 2. The molecule has 1 aliphatic carbocycles. The Kier molecular flexibility index (Phi) is 2.40. The molecule has 0 saturated carbocycles. The molecule has 76 valence electrons. The Hall–Kier alpha value is -1.12. The quantitative estimate of drug-likeness (QED) is 0.587. The summed E-state index contributed by atoms with van der Waals surface area (Å²) in [5, 5.41) is 2.86. The van der Waals surface area contributed by atoms with E-state index in [4.69, 9.17) is 0 Å². The van der Waals surface area contributed by atoms with Gasteiger partial charge in [0.25, 0.3) is 0 Å². The predicted octanol–water partition coefficient (Wildman–Crippen LogP) is 1.19. The standard InChI is InChI=1S/C11H15NO2/c13-9-3-1-2-5-11(6-4-9)7-8-12-10(11)14/h1-2H,3-8H2,(H,12,14)/b2-1+. The summed E-state index contributed by atoms with van der Waals surface area (Å²) in [4.78, 5) is 23.0. The van der Waals surface area contributed by atoms with Crippen LogP contribution in [-0.4, -0.2) is 18.2 Å². The second kappa shape index (κ2) is 3.56. The van der Waals surface area contributed by atoms with Gasteiger partial charge in [0.15, 0.2) is 0 Å². The largest absolute Gasteiger partial charge is 0.356 e. The highest BCUT2D eigenvalue weighted by Crippen LogP contribution is 2.37. The van der Waals surface area contributed by atoms with Crippen LogP contribution >= 0.6 is 0 Å². The molecule has 3 nitrogen and oxygen atoms in total. The second-order valence-electron chi connectivity index (χ2n) is 4.20. The summed E-state index contributed by atoms with van der Waals surface area (Å²) in [5.74, 6) is 0.386. The minimum atomic E-state index is -0.271. The van der Waals surface area contributed by atoms with E-state index in [-0.39, 0.29) is 17.1 Å². The molecule has 14 heavy (non-hydrogen) atoms. The Balaban J connectivity index is 2.17. The third-order valence-electron chi connectivity index (χ3n) is 3.27. The van der Waals surface area contributed by atoms with Gasteiger partial charge in [0.1, 0.15) is 5.78 Å². The fraction of sp³-hybridized carbons (Fsp3) is 0.636. The normalized spacial score (nSPS) is 35.1. The molecule has 2 rings (SSSR count). The molecule has 1 amide bonds. The van der Waals surface area contributed by atoms with Gasteiger partial charge in [-0.3, -0.25) is 9.59 Å². The van der Waals surface area contributed by atoms with Crippen molar-refractivity contribution < 1.29 is 9.59 Å². The van der Waals surface area contributed by atoms with Crippen LogP contribution in [-0.2, 0) is 9.59 Å². The monoisotopic (exact) mass is 193 g/mol. The molecule has 1 unspecified atom stereocenters. The summed E-state index contributed by atoms with van der Waals surface area (Å²) >= 11 is 0. The third kappa shape index (κ3) is 1.59. The fourth-order valence-corrected chi connectivity index (χ4v) is 2.26. The number of allylic oxidation sites excluding steroid dienone is 2. The summed E-state index contributed by atoms with van der Waals surface area (Å²) < 4.78 is 0. The number of Topliss-reactive ketones (excluding diaryl/α,β-unsaturated/α-hetero) is 1. The van der Waals surface area contributed by atoms with Crippen molar-refractivity contribution in [2.75, 3.05) is 6.54 Å². The molecule has 0 bridgehead atoms. The van der Waals surface area contributed by atoms with Crippen LogP contribution in [0.15, 0.2) is 12.2 Å². The summed E-state index contributed by atoms with van der Waals surface area (Å²) in [7, 11) is 0. The molecule has 1 saturated heterocycles. The highest BCUT2D eigenvalue weighted by Gasteiger charge is 2.41. The average molecular weight is 193 g/mol. The van der Waals surface area contributed by atoms with Crippen molar-refractivity contribution in [2.45, 2.75) is 32.1 Å². The van der Waals surface area contributed by atoms with Gasteiger partial charge in [-0.05, 0) is 19.3 Å². The number of carbonyl (C=O) groups excluding carboxylic acids is 2. The van der Waals surface area contributed by atoms with Gasteiger partial charge < -0.3 is 5.32 Å². The molecule has 2 aliphatic rings. The van der Waals surface area contributed by atoms with Gasteiger partial charge >= 0.3 is 0 Å². The number of nitrogens with one attached hydrogen (secondary N) is 1. The summed E-state index contributed by atoms with van der Waals surface area (Å²) in [6, 6.07) is 0. The minimum absolute atomic E-state index is 0.136. The van der Waals surface area contributed by atoms with Crippen LogP contribution in [0.25, 0.3) is 0 Å². The molecule has 0 aromatic rings. The van der Waals surface area contributed by atoms with Crippen molar-refractivity contribution in [3.63, 3.8) is 0 Å². The Labute approximate surface area is 83.6 Å². The molecule has 1 spiro atoms. The number of hydrogen-bond donors (Lipinski definition) is 1. The average Bonchev–Trinajstić information content (AvgIpc) is 2.50. The van der Waals surface area contributed by atoms with E-state index in [1.165, 1.54) is 0 Å². The first-order chi connectivity index (χ1) is 6.73. The van der Waals surface area contributed by atoms with E-state index in [2.05, 4.69) is 5.32 Å². The number of rotatable bonds is 0. The number of amides is 1. The van der Waals surface area contributed by atoms with Gasteiger partial charge in [-0.15, -0.1) is 0 Å². The van der Waals surface area contributed by atoms with Crippen molar-refractivity contribution in [3.8, 4) is 0 Å². The maximum atomic E-state index is 11.7. The molecule has 1 heterocycles. The molecule has 3 heteroatoms. The first-order valence-corrected chi connectivity index (χ1v) is 5.18. The molecule has 1 aliphatic heterocycles. The molecule has 1 N–H and O–H groups in total. The number of carbonyl (C=O) groups is 2. The van der Waals surface area contributed by atoms with Crippen LogP contribution in [0.1, 0.15) is 32.1 Å². The predicted molar refractivity (Wildman–Crippen MR) is 52.7 cm³/mol. The van der Waals surface area contributed by atoms with E-state index in [0.29, 0.717) is 12.8 Å². The Morgan fingerprint density at radius 1 is 1.21 bits per heavy atom. The van der Waals surface area contributed by atoms with Crippen LogP contribution < -0.4 is 5.32 Å². The Morgan fingerprint density at radius 2 is 2.07 bits per heavy atom. The molecular weight excluding hydrogens is 178 g/mol. The van der Waals surface area contributed by atoms with Crippen LogP contribution in [0.5, 0.6) is 0 Å². The van der Waals surface area contributed by atoms with Gasteiger partial charge in [0.2, 0.25) is 5.91 Å². The molecule has 0 radical (unpaired) electrons. The third-order valence-corrected chi connectivity index (χ3v) is 3.27. The van der Waals surface area contributed by atoms with Gasteiger partial charge in [-0.2, -0.15) is 0 Å². The van der Waals surface area contributed by atoms with Crippen molar-refractivity contribution in [1.82, 2.24) is 5.32 Å². The van der Waals surface area contributed by atoms with Crippen molar-refractivity contribution in [2.24, 2.45) is 5.41 Å². The fourth-order valence-electron chi connectivity index (χ4n) is 2.26. The molecule has 0 aromatic carbocycles. The van der Waals surface area contributed by atoms with Gasteiger partial charge in [0.05, 0.1) is 5.41 Å². The van der Waals surface area contributed by atoms with E-state index in [9.17, 15) is 9.59 Å². The zero-order chi connectivity index (χ0) is 10.0. The molecule has 1 atom stereocenters. The molecule has 0 aromatic heterocycles. The van der Waals surface area contributed by atoms with Gasteiger partial charge in [-0.25, -0.2) is 0 Å². The lowest BCUT2D eigenvalue weighted by molar-refractivity contribution is -0.128. The van der Waals surface area contributed by atoms with E-state index < -0.39 is 0 Å². The summed E-state index contributed by atoms with van der Waals surface area (Å²) in [5.41, 5.74) is -0.271. The van der Waals surface area contributed by atoms with Crippen LogP contribution in [0.2, 0.25) is 0 Å². The molecule has 1 fully saturated rings. The van der Waals surface area contributed by atoms with Gasteiger partial charge in [0, 0.05) is 19.4 Å². The van der Waals surface area contributed by atoms with E-state index in [1.54, 1.807) is 0 Å². The van der Waals surface area contributed by atoms with E-state index in [1.807, 2.05) is 12.2 Å². The maximum absolute atomic E-state index is 11.7. The Morgan fingerprint density at radius 3 is 2.79 bits per heavy atom. The lowest BCUT2D eigenvalue weighted by Gasteiger charge is -2.25. The van der Waals surface area contributed by atoms with E-state index in [0.717, 1.165) is 25.8 Å². The van der Waals surface area contributed by atoms with Crippen LogP contribution in [0.3, 0.4) is 0 Å². The second-order valence-corrected chi connectivity index (χ2v) is 4.20. The summed E-state index contributed by atoms with van der Waals surface area (Å²) in [6.45, 7) is 0.765. The highest BCUT2D eigenvalue weighted by molar-refractivity contribution is 5.86. The summed E-state index contributed by atoms with van der Waals surface area (Å²) in [6.07, 6.45) is 7.38. The van der Waals surface area contributed by atoms with Crippen molar-refractivity contribution in [3.05, 3.63) is 12.2 Å². The maximum Gasteiger partial charge on any atom is 0.226 e. The zero-order valence-electron chi connectivity index (χ0n) is 8.21. The lowest BCUT2D eigenvalue weighted by Crippen LogP contribution is -2.32. The first-order valence-electron chi connectivity index (χ1n) is 5.18. The smallest absolute Gasteiger partial charge is 0.226 e. The SMILES string of the molecule is O=C1C/C=C/CC2(CCNC2=O)CC1. The van der Waals surface area contributed by atoms with Gasteiger partial charge in [-0.1, -0.05) is 12.2 Å². The van der Waals surface area contributed by atoms with Crippen molar-refractivity contribution >= 4 is 11.7 Å². The zero-order valence-corrected chi connectivity index (χ0v) is 8.21. The topological polar surface area (TPSA) is 46.2 Å².